The van der Waals surface area contributed by atoms with E-state index in [-0.39, 0.29) is 6.04 Å². The second-order valence-electron chi connectivity index (χ2n) is 6.48. The van der Waals surface area contributed by atoms with E-state index in [1.165, 1.54) is 38.3 Å². The second-order valence-corrected chi connectivity index (χ2v) is 6.92. The first-order valence-electron chi connectivity index (χ1n) is 8.00. The van der Waals surface area contributed by atoms with Crippen LogP contribution < -0.4 is 5.73 Å². The number of benzene rings is 1. The van der Waals surface area contributed by atoms with Crippen LogP contribution in [-0.2, 0) is 0 Å². The van der Waals surface area contributed by atoms with Crippen molar-refractivity contribution >= 4 is 11.6 Å². The largest absolute Gasteiger partial charge is 0.324 e. The number of rotatable bonds is 6. The molecule has 0 spiro atoms. The molecule has 1 atom stereocenters. The SMILES string of the molecule is CC(C)CN1CCN(CCC(N)c2ccc(Cl)cc2)CC1. The molecule has 1 aromatic rings. The van der Waals surface area contributed by atoms with Crippen LogP contribution in [0.25, 0.3) is 0 Å². The lowest BCUT2D eigenvalue weighted by atomic mass is 10.0. The Morgan fingerprint density at radius 3 is 2.19 bits per heavy atom. The molecule has 0 bridgehead atoms. The molecule has 4 heteroatoms. The van der Waals surface area contributed by atoms with Crippen molar-refractivity contribution in [2.45, 2.75) is 26.3 Å². The Kier molecular flexibility index (Phi) is 6.49. The Morgan fingerprint density at radius 2 is 1.62 bits per heavy atom. The van der Waals surface area contributed by atoms with Gasteiger partial charge in [-0.1, -0.05) is 37.6 Å². The summed E-state index contributed by atoms with van der Waals surface area (Å²) in [5, 5.41) is 0.771. The predicted molar refractivity (Wildman–Crippen MR) is 90.7 cm³/mol. The highest BCUT2D eigenvalue weighted by molar-refractivity contribution is 6.30. The molecule has 21 heavy (non-hydrogen) atoms. The summed E-state index contributed by atoms with van der Waals surface area (Å²) in [5.41, 5.74) is 7.45. The zero-order valence-electron chi connectivity index (χ0n) is 13.3. The van der Waals surface area contributed by atoms with E-state index in [2.05, 4.69) is 23.6 Å². The Labute approximate surface area is 134 Å². The Bertz CT molecular complexity index is 411. The van der Waals surface area contributed by atoms with Crippen molar-refractivity contribution in [3.05, 3.63) is 34.9 Å². The van der Waals surface area contributed by atoms with E-state index in [9.17, 15) is 0 Å². The van der Waals surface area contributed by atoms with Crippen molar-refractivity contribution in [2.75, 3.05) is 39.3 Å². The molecule has 118 valence electrons. The molecule has 0 amide bonds. The van der Waals surface area contributed by atoms with Gasteiger partial charge in [0, 0.05) is 50.3 Å². The first-order valence-corrected chi connectivity index (χ1v) is 8.38. The Morgan fingerprint density at radius 1 is 1.05 bits per heavy atom. The second kappa shape index (κ2) is 8.14. The molecule has 1 aliphatic rings. The molecule has 1 saturated heterocycles. The molecule has 1 unspecified atom stereocenters. The summed E-state index contributed by atoms with van der Waals surface area (Å²) in [6, 6.07) is 8.01. The number of halogens is 1. The summed E-state index contributed by atoms with van der Waals surface area (Å²) in [4.78, 5) is 5.10. The van der Waals surface area contributed by atoms with Crippen LogP contribution in [-0.4, -0.2) is 49.1 Å². The normalized spacial score (nSPS) is 19.1. The molecule has 2 N–H and O–H groups in total. The minimum atomic E-state index is 0.107. The highest BCUT2D eigenvalue weighted by Crippen LogP contribution is 2.18. The van der Waals surface area contributed by atoms with Crippen LogP contribution in [0.5, 0.6) is 0 Å². The monoisotopic (exact) mass is 309 g/mol. The number of hydrogen-bond donors (Lipinski definition) is 1. The summed E-state index contributed by atoms with van der Waals surface area (Å²) in [6.07, 6.45) is 1.01. The fourth-order valence-corrected chi connectivity index (χ4v) is 3.04. The van der Waals surface area contributed by atoms with Gasteiger partial charge in [-0.15, -0.1) is 0 Å². The van der Waals surface area contributed by atoms with Crippen molar-refractivity contribution in [1.29, 1.82) is 0 Å². The van der Waals surface area contributed by atoms with Crippen LogP contribution in [0, 0.1) is 5.92 Å². The molecule has 0 radical (unpaired) electrons. The van der Waals surface area contributed by atoms with Gasteiger partial charge in [-0.05, 0) is 30.0 Å². The summed E-state index contributed by atoms with van der Waals surface area (Å²) >= 11 is 5.91. The molecule has 1 aliphatic heterocycles. The van der Waals surface area contributed by atoms with Crippen molar-refractivity contribution in [3.8, 4) is 0 Å². The maximum atomic E-state index is 6.28. The number of nitrogens with two attached hydrogens (primary N) is 1. The third-order valence-corrected chi connectivity index (χ3v) is 4.39. The van der Waals surface area contributed by atoms with Gasteiger partial charge in [-0.3, -0.25) is 0 Å². The van der Waals surface area contributed by atoms with Gasteiger partial charge in [0.15, 0.2) is 0 Å². The minimum Gasteiger partial charge on any atom is -0.324 e. The third kappa shape index (κ3) is 5.59. The van der Waals surface area contributed by atoms with Crippen LogP contribution in [0.15, 0.2) is 24.3 Å². The van der Waals surface area contributed by atoms with Crippen molar-refractivity contribution in [3.63, 3.8) is 0 Å². The van der Waals surface area contributed by atoms with E-state index in [0.717, 1.165) is 23.9 Å². The van der Waals surface area contributed by atoms with Crippen LogP contribution in [0.3, 0.4) is 0 Å². The van der Waals surface area contributed by atoms with Gasteiger partial charge in [0.2, 0.25) is 0 Å². The molecule has 0 saturated carbocycles. The smallest absolute Gasteiger partial charge is 0.0406 e. The molecule has 1 aromatic carbocycles. The quantitative estimate of drug-likeness (QED) is 0.877. The van der Waals surface area contributed by atoms with Gasteiger partial charge in [-0.2, -0.15) is 0 Å². The van der Waals surface area contributed by atoms with E-state index in [4.69, 9.17) is 17.3 Å². The average Bonchev–Trinajstić information content (AvgIpc) is 2.46. The first kappa shape index (κ1) is 16.8. The van der Waals surface area contributed by atoms with Crippen LogP contribution in [0.1, 0.15) is 31.9 Å². The van der Waals surface area contributed by atoms with Gasteiger partial charge in [0.1, 0.15) is 0 Å². The van der Waals surface area contributed by atoms with Crippen molar-refractivity contribution < 1.29 is 0 Å². The lowest BCUT2D eigenvalue weighted by molar-refractivity contribution is 0.120. The molecule has 1 fully saturated rings. The molecule has 1 heterocycles. The van der Waals surface area contributed by atoms with Gasteiger partial charge < -0.3 is 15.5 Å². The lowest BCUT2D eigenvalue weighted by Crippen LogP contribution is -2.47. The molecule has 0 aliphatic carbocycles. The highest BCUT2D eigenvalue weighted by Gasteiger charge is 2.18. The topological polar surface area (TPSA) is 32.5 Å². The van der Waals surface area contributed by atoms with E-state index in [1.54, 1.807) is 0 Å². The van der Waals surface area contributed by atoms with Crippen LogP contribution in [0.4, 0.5) is 0 Å². The fraction of sp³-hybridized carbons (Fsp3) is 0.647. The van der Waals surface area contributed by atoms with Crippen molar-refractivity contribution in [1.82, 2.24) is 9.80 Å². The average molecular weight is 310 g/mol. The molecular weight excluding hydrogens is 282 g/mol. The number of nitrogens with zero attached hydrogens (tertiary/aromatic N) is 2. The molecule has 2 rings (SSSR count). The standard InChI is InChI=1S/C17H28ClN3/c1-14(2)13-21-11-9-20(10-12-21)8-7-17(19)15-3-5-16(18)6-4-15/h3-6,14,17H,7-13,19H2,1-2H3. The predicted octanol–water partition coefficient (Wildman–Crippen LogP) is 3.00. The summed E-state index contributed by atoms with van der Waals surface area (Å²) in [6.45, 7) is 11.6. The maximum Gasteiger partial charge on any atom is 0.0406 e. The Balaban J connectivity index is 1.70. The summed E-state index contributed by atoms with van der Waals surface area (Å²) in [5.74, 6) is 0.759. The van der Waals surface area contributed by atoms with Gasteiger partial charge in [0.25, 0.3) is 0 Å². The van der Waals surface area contributed by atoms with Crippen molar-refractivity contribution in [2.24, 2.45) is 11.7 Å². The fourth-order valence-electron chi connectivity index (χ4n) is 2.91. The van der Waals surface area contributed by atoms with Gasteiger partial charge in [0.05, 0.1) is 0 Å². The molecular formula is C17H28ClN3. The zero-order chi connectivity index (χ0) is 15.2. The zero-order valence-corrected chi connectivity index (χ0v) is 14.0. The molecule has 3 nitrogen and oxygen atoms in total. The summed E-state index contributed by atoms with van der Waals surface area (Å²) in [7, 11) is 0. The first-order chi connectivity index (χ1) is 10.0. The summed E-state index contributed by atoms with van der Waals surface area (Å²) < 4.78 is 0. The number of hydrogen-bond acceptors (Lipinski definition) is 3. The minimum absolute atomic E-state index is 0.107. The lowest BCUT2D eigenvalue weighted by Gasteiger charge is -2.35. The third-order valence-electron chi connectivity index (χ3n) is 4.14. The van der Waals surface area contributed by atoms with Crippen LogP contribution in [0.2, 0.25) is 5.02 Å². The maximum absolute atomic E-state index is 6.28. The number of piperazine rings is 1. The van der Waals surface area contributed by atoms with Gasteiger partial charge in [-0.25, -0.2) is 0 Å². The van der Waals surface area contributed by atoms with E-state index in [1.807, 2.05) is 24.3 Å². The molecule has 0 aromatic heterocycles. The van der Waals surface area contributed by atoms with Crippen LogP contribution >= 0.6 is 11.6 Å². The van der Waals surface area contributed by atoms with E-state index in [0.29, 0.717) is 0 Å². The highest BCUT2D eigenvalue weighted by atomic mass is 35.5. The Hall–Kier alpha value is -0.610. The van der Waals surface area contributed by atoms with Gasteiger partial charge >= 0.3 is 0 Å². The van der Waals surface area contributed by atoms with E-state index < -0.39 is 0 Å². The van der Waals surface area contributed by atoms with E-state index >= 15 is 0 Å².